The van der Waals surface area contributed by atoms with E-state index in [-0.39, 0.29) is 30.5 Å². The maximum Gasteiger partial charge on any atom is 0.260 e. The lowest BCUT2D eigenvalue weighted by Gasteiger charge is -2.38. The third-order valence-electron chi connectivity index (χ3n) is 5.14. The lowest BCUT2D eigenvalue weighted by atomic mass is 9.97. The average Bonchev–Trinajstić information content (AvgIpc) is 2.68. The van der Waals surface area contributed by atoms with E-state index in [0.717, 1.165) is 19.3 Å². The van der Waals surface area contributed by atoms with E-state index in [1.807, 2.05) is 4.90 Å². The van der Waals surface area contributed by atoms with Crippen LogP contribution in [-0.4, -0.2) is 35.4 Å². The van der Waals surface area contributed by atoms with Gasteiger partial charge in [-0.2, -0.15) is 0 Å². The summed E-state index contributed by atoms with van der Waals surface area (Å²) >= 11 is 12.0. The zero-order valence-electron chi connectivity index (χ0n) is 16.5. The summed E-state index contributed by atoms with van der Waals surface area (Å²) in [4.78, 5) is 26.9. The second-order valence-corrected chi connectivity index (χ2v) is 8.16. The highest BCUT2D eigenvalue weighted by molar-refractivity contribution is 6.36. The second-order valence-electron chi connectivity index (χ2n) is 7.32. The number of benzene rings is 2. The number of carbonyl (C=O) groups is 2. The van der Waals surface area contributed by atoms with E-state index in [1.54, 1.807) is 42.5 Å². The molecule has 1 N–H and O–H groups in total. The number of ether oxygens (including phenoxy) is 1. The van der Waals surface area contributed by atoms with Crippen molar-refractivity contribution in [2.45, 2.75) is 45.2 Å². The first-order valence-corrected chi connectivity index (χ1v) is 10.4. The Kier molecular flexibility index (Phi) is 7.04. The summed E-state index contributed by atoms with van der Waals surface area (Å²) in [6, 6.07) is 12.0. The number of nitrogens with zero attached hydrogens (tertiary/aromatic N) is 1. The van der Waals surface area contributed by atoms with Gasteiger partial charge in [-0.05, 0) is 75.6 Å². The molecule has 1 fully saturated rings. The van der Waals surface area contributed by atoms with E-state index in [4.69, 9.17) is 27.9 Å². The van der Waals surface area contributed by atoms with Gasteiger partial charge < -0.3 is 15.0 Å². The lowest BCUT2D eigenvalue weighted by molar-refractivity contribution is -0.139. The van der Waals surface area contributed by atoms with E-state index >= 15 is 0 Å². The highest BCUT2D eigenvalue weighted by Gasteiger charge is 2.28. The van der Waals surface area contributed by atoms with E-state index in [9.17, 15) is 9.59 Å². The standard InChI is InChI=1S/C22H24Cl2N2O3/c1-14-4-3-5-15(2)26(14)21(27)13-29-18-9-6-16(7-10-18)22(28)25-20-11-8-17(23)12-19(20)24/h6-12,14-15H,3-5,13H2,1-2H3,(H,25,28). The predicted molar refractivity (Wildman–Crippen MR) is 116 cm³/mol. The number of rotatable bonds is 5. The quantitative estimate of drug-likeness (QED) is 0.683. The number of hydrogen-bond acceptors (Lipinski definition) is 3. The number of likely N-dealkylation sites (tertiary alicyclic amines) is 1. The van der Waals surface area contributed by atoms with Crippen molar-refractivity contribution < 1.29 is 14.3 Å². The van der Waals surface area contributed by atoms with Gasteiger partial charge >= 0.3 is 0 Å². The van der Waals surface area contributed by atoms with Crippen LogP contribution in [0.3, 0.4) is 0 Å². The Hall–Kier alpha value is -2.24. The van der Waals surface area contributed by atoms with Crippen molar-refractivity contribution in [1.29, 1.82) is 0 Å². The Morgan fingerprint density at radius 2 is 1.72 bits per heavy atom. The van der Waals surface area contributed by atoms with Gasteiger partial charge in [0, 0.05) is 22.7 Å². The number of piperidine rings is 1. The van der Waals surface area contributed by atoms with Crippen LogP contribution in [0.5, 0.6) is 5.75 Å². The van der Waals surface area contributed by atoms with Crippen LogP contribution in [0.2, 0.25) is 10.0 Å². The Labute approximate surface area is 180 Å². The third-order valence-corrected chi connectivity index (χ3v) is 5.69. The number of nitrogens with one attached hydrogen (secondary N) is 1. The molecule has 154 valence electrons. The summed E-state index contributed by atoms with van der Waals surface area (Å²) in [6.07, 6.45) is 3.20. The minimum absolute atomic E-state index is 0.0103. The smallest absolute Gasteiger partial charge is 0.260 e. The number of anilines is 1. The van der Waals surface area contributed by atoms with Crippen molar-refractivity contribution in [3.8, 4) is 5.75 Å². The largest absolute Gasteiger partial charge is 0.484 e. The van der Waals surface area contributed by atoms with Gasteiger partial charge in [-0.25, -0.2) is 0 Å². The molecule has 2 atom stereocenters. The SMILES string of the molecule is CC1CCCC(C)N1C(=O)COc1ccc(C(=O)Nc2ccc(Cl)cc2Cl)cc1. The maximum atomic E-state index is 12.5. The Balaban J connectivity index is 1.57. The van der Waals surface area contributed by atoms with Crippen molar-refractivity contribution >= 4 is 40.7 Å². The van der Waals surface area contributed by atoms with E-state index < -0.39 is 0 Å². The van der Waals surface area contributed by atoms with Gasteiger partial charge in [0.2, 0.25) is 0 Å². The number of hydrogen-bond donors (Lipinski definition) is 1. The van der Waals surface area contributed by atoms with Gasteiger partial charge in [-0.15, -0.1) is 0 Å². The van der Waals surface area contributed by atoms with E-state index in [1.165, 1.54) is 0 Å². The van der Waals surface area contributed by atoms with Crippen molar-refractivity contribution in [2.24, 2.45) is 0 Å². The summed E-state index contributed by atoms with van der Waals surface area (Å²) < 4.78 is 5.64. The van der Waals surface area contributed by atoms with E-state index in [2.05, 4.69) is 19.2 Å². The first-order chi connectivity index (χ1) is 13.8. The summed E-state index contributed by atoms with van der Waals surface area (Å²) in [5.74, 6) is 0.230. The fraction of sp³-hybridized carbons (Fsp3) is 0.364. The van der Waals surface area contributed by atoms with Gasteiger partial charge in [-0.1, -0.05) is 23.2 Å². The van der Waals surface area contributed by atoms with Crippen molar-refractivity contribution in [3.63, 3.8) is 0 Å². The zero-order chi connectivity index (χ0) is 21.0. The third kappa shape index (κ3) is 5.43. The Bertz CT molecular complexity index is 876. The molecule has 1 aliphatic heterocycles. The van der Waals surface area contributed by atoms with Crippen LogP contribution in [0.25, 0.3) is 0 Å². The summed E-state index contributed by atoms with van der Waals surface area (Å²) in [7, 11) is 0. The maximum absolute atomic E-state index is 12.5. The molecule has 1 saturated heterocycles. The van der Waals surface area contributed by atoms with Gasteiger partial charge in [0.1, 0.15) is 5.75 Å². The van der Waals surface area contributed by atoms with Gasteiger partial charge in [0.05, 0.1) is 10.7 Å². The average molecular weight is 435 g/mol. The Morgan fingerprint density at radius 1 is 1.07 bits per heavy atom. The first kappa shape index (κ1) is 21.5. The minimum Gasteiger partial charge on any atom is -0.484 e. The molecule has 7 heteroatoms. The minimum atomic E-state index is -0.298. The van der Waals surface area contributed by atoms with Crippen molar-refractivity contribution in [2.75, 3.05) is 11.9 Å². The summed E-state index contributed by atoms with van der Waals surface area (Å²) in [5, 5.41) is 3.61. The molecule has 0 aromatic heterocycles. The molecule has 5 nitrogen and oxygen atoms in total. The van der Waals surface area contributed by atoms with Crippen LogP contribution in [-0.2, 0) is 4.79 Å². The molecule has 2 unspecified atom stereocenters. The van der Waals surface area contributed by atoms with Crippen molar-refractivity contribution in [1.82, 2.24) is 4.90 Å². The molecule has 2 aromatic rings. The highest BCUT2D eigenvalue weighted by atomic mass is 35.5. The molecule has 0 aliphatic carbocycles. The summed E-state index contributed by atoms with van der Waals surface area (Å²) in [6.45, 7) is 4.14. The molecule has 0 bridgehead atoms. The molecule has 0 radical (unpaired) electrons. The number of carbonyl (C=O) groups excluding carboxylic acids is 2. The van der Waals surface area contributed by atoms with Gasteiger partial charge in [0.15, 0.2) is 6.61 Å². The molecule has 29 heavy (non-hydrogen) atoms. The number of amides is 2. The van der Waals surface area contributed by atoms with Crippen LogP contribution < -0.4 is 10.1 Å². The molecule has 3 rings (SSSR count). The van der Waals surface area contributed by atoms with Gasteiger partial charge in [-0.3, -0.25) is 9.59 Å². The fourth-order valence-corrected chi connectivity index (χ4v) is 4.08. The molecule has 2 aromatic carbocycles. The molecule has 2 amide bonds. The second kappa shape index (κ2) is 9.51. The monoisotopic (exact) mass is 434 g/mol. The van der Waals surface area contributed by atoms with Crippen LogP contribution >= 0.6 is 23.2 Å². The predicted octanol–water partition coefficient (Wildman–Crippen LogP) is 5.41. The van der Waals surface area contributed by atoms with Crippen LogP contribution in [0.15, 0.2) is 42.5 Å². The first-order valence-electron chi connectivity index (χ1n) is 9.65. The van der Waals surface area contributed by atoms with Crippen LogP contribution in [0.1, 0.15) is 43.5 Å². The molecule has 1 aliphatic rings. The number of halogens is 2. The molecule has 0 spiro atoms. The van der Waals surface area contributed by atoms with E-state index in [0.29, 0.717) is 27.0 Å². The Morgan fingerprint density at radius 3 is 2.34 bits per heavy atom. The molecular weight excluding hydrogens is 411 g/mol. The van der Waals surface area contributed by atoms with Crippen LogP contribution in [0, 0.1) is 0 Å². The summed E-state index contributed by atoms with van der Waals surface area (Å²) in [5.41, 5.74) is 0.935. The molecular formula is C22H24Cl2N2O3. The lowest BCUT2D eigenvalue weighted by Crippen LogP contribution is -2.49. The fourth-order valence-electron chi connectivity index (χ4n) is 3.62. The normalized spacial score (nSPS) is 19.0. The van der Waals surface area contributed by atoms with Crippen molar-refractivity contribution in [3.05, 3.63) is 58.1 Å². The van der Waals surface area contributed by atoms with Gasteiger partial charge in [0.25, 0.3) is 11.8 Å². The molecule has 0 saturated carbocycles. The highest BCUT2D eigenvalue weighted by Crippen LogP contribution is 2.26. The topological polar surface area (TPSA) is 58.6 Å². The zero-order valence-corrected chi connectivity index (χ0v) is 18.0. The molecule has 1 heterocycles. The van der Waals surface area contributed by atoms with Crippen LogP contribution in [0.4, 0.5) is 5.69 Å².